The summed E-state index contributed by atoms with van der Waals surface area (Å²) in [6, 6.07) is 13.9. The maximum atomic E-state index is 11.6. The molecule has 0 radical (unpaired) electrons. The van der Waals surface area contributed by atoms with Gasteiger partial charge in [0, 0.05) is 18.4 Å². The van der Waals surface area contributed by atoms with E-state index in [1.165, 1.54) is 6.08 Å². The second-order valence-electron chi connectivity index (χ2n) is 5.01. The van der Waals surface area contributed by atoms with Crippen LogP contribution in [0.2, 0.25) is 0 Å². The summed E-state index contributed by atoms with van der Waals surface area (Å²) in [5.74, 6) is -0.0335. The zero-order chi connectivity index (χ0) is 14.7. The lowest BCUT2D eigenvalue weighted by Gasteiger charge is -2.12. The number of hydrogen-bond donors (Lipinski definition) is 1. The van der Waals surface area contributed by atoms with E-state index >= 15 is 0 Å². The first kappa shape index (κ1) is 13.5. The Bertz CT molecular complexity index is 734. The summed E-state index contributed by atoms with van der Waals surface area (Å²) in [5, 5.41) is 2.26. The van der Waals surface area contributed by atoms with Crippen molar-refractivity contribution >= 4 is 28.0 Å². The maximum Gasteiger partial charge on any atom is 0.161 e. The average molecular weight is 281 g/mol. The highest BCUT2D eigenvalue weighted by Crippen LogP contribution is 2.19. The van der Waals surface area contributed by atoms with Crippen molar-refractivity contribution in [2.24, 2.45) is 0 Å². The summed E-state index contributed by atoms with van der Waals surface area (Å²) >= 11 is 0. The van der Waals surface area contributed by atoms with Gasteiger partial charge in [0.05, 0.1) is 5.69 Å². The molecule has 0 atom stereocenters. The van der Waals surface area contributed by atoms with Crippen molar-refractivity contribution in [2.45, 2.75) is 12.8 Å². The van der Waals surface area contributed by atoms with Gasteiger partial charge in [0.25, 0.3) is 0 Å². The van der Waals surface area contributed by atoms with Gasteiger partial charge in [0.1, 0.15) is 6.61 Å². The highest BCUT2D eigenvalue weighted by molar-refractivity contribution is 6.08. The van der Waals surface area contributed by atoms with Crippen molar-refractivity contribution in [1.82, 2.24) is 0 Å². The molecule has 106 valence electrons. The van der Waals surface area contributed by atoms with Crippen LogP contribution >= 0.6 is 0 Å². The van der Waals surface area contributed by atoms with Crippen LogP contribution in [0.25, 0.3) is 10.8 Å². The number of allylic oxidation sites excluding steroid dienone is 1. The van der Waals surface area contributed by atoms with Crippen LogP contribution < -0.4 is 5.48 Å². The molecule has 2 aromatic carbocycles. The summed E-state index contributed by atoms with van der Waals surface area (Å²) < 4.78 is 0. The number of ketones is 2. The zero-order valence-electron chi connectivity index (χ0n) is 11.5. The van der Waals surface area contributed by atoms with Gasteiger partial charge in [-0.25, -0.2) is 0 Å². The SMILES string of the molecule is O=C1C=C(CONc2ccc3ccccc3c2)C(=O)CC1. The van der Waals surface area contributed by atoms with Gasteiger partial charge in [0.2, 0.25) is 0 Å². The van der Waals surface area contributed by atoms with Crippen molar-refractivity contribution < 1.29 is 14.4 Å². The van der Waals surface area contributed by atoms with Crippen LogP contribution in [0, 0.1) is 0 Å². The number of rotatable bonds is 4. The summed E-state index contributed by atoms with van der Waals surface area (Å²) in [5.41, 5.74) is 4.05. The Morgan fingerprint density at radius 1 is 1.00 bits per heavy atom. The zero-order valence-corrected chi connectivity index (χ0v) is 11.5. The van der Waals surface area contributed by atoms with Gasteiger partial charge in [-0.1, -0.05) is 30.3 Å². The lowest BCUT2D eigenvalue weighted by atomic mass is 9.98. The molecule has 0 unspecified atom stereocenters. The van der Waals surface area contributed by atoms with Crippen LogP contribution in [0.3, 0.4) is 0 Å². The van der Waals surface area contributed by atoms with Gasteiger partial charge in [-0.3, -0.25) is 19.9 Å². The molecular formula is C17H15NO3. The Hall–Kier alpha value is -2.46. The van der Waals surface area contributed by atoms with Crippen LogP contribution in [0.5, 0.6) is 0 Å². The molecule has 0 amide bonds. The minimum atomic E-state index is -0.0186. The van der Waals surface area contributed by atoms with E-state index in [-0.39, 0.29) is 24.6 Å². The predicted molar refractivity (Wildman–Crippen MR) is 80.9 cm³/mol. The van der Waals surface area contributed by atoms with Crippen LogP contribution in [0.4, 0.5) is 5.69 Å². The number of carbonyl (C=O) groups excluding carboxylic acids is 2. The van der Waals surface area contributed by atoms with E-state index in [9.17, 15) is 9.59 Å². The first-order chi connectivity index (χ1) is 10.2. The second kappa shape index (κ2) is 5.89. The smallest absolute Gasteiger partial charge is 0.161 e. The van der Waals surface area contributed by atoms with Crippen LogP contribution in [-0.4, -0.2) is 18.2 Å². The second-order valence-corrected chi connectivity index (χ2v) is 5.01. The maximum absolute atomic E-state index is 11.6. The number of nitrogens with one attached hydrogen (secondary N) is 1. The minimum Gasteiger partial charge on any atom is -0.295 e. The quantitative estimate of drug-likeness (QED) is 0.875. The standard InChI is InChI=1S/C17H15NO3/c19-16-7-8-17(20)14(10-16)11-21-18-15-6-5-12-3-1-2-4-13(12)9-15/h1-6,9-10,18H,7-8,11H2. The largest absolute Gasteiger partial charge is 0.295 e. The molecular weight excluding hydrogens is 266 g/mol. The Kier molecular flexibility index (Phi) is 3.79. The lowest BCUT2D eigenvalue weighted by molar-refractivity contribution is -0.122. The molecule has 0 saturated carbocycles. The minimum absolute atomic E-state index is 0.0149. The van der Waals surface area contributed by atoms with Crippen molar-refractivity contribution in [2.75, 3.05) is 12.1 Å². The normalized spacial score (nSPS) is 15.1. The van der Waals surface area contributed by atoms with Crippen molar-refractivity contribution in [1.29, 1.82) is 0 Å². The summed E-state index contributed by atoms with van der Waals surface area (Å²) in [7, 11) is 0. The summed E-state index contributed by atoms with van der Waals surface area (Å²) in [4.78, 5) is 28.3. The molecule has 0 aliphatic heterocycles. The van der Waals surface area contributed by atoms with E-state index in [0.29, 0.717) is 12.0 Å². The molecule has 4 heteroatoms. The Morgan fingerprint density at radius 3 is 2.67 bits per heavy atom. The number of anilines is 1. The fraction of sp³-hybridized carbons (Fsp3) is 0.176. The first-order valence-electron chi connectivity index (χ1n) is 6.85. The Balaban J connectivity index is 1.64. The van der Waals surface area contributed by atoms with E-state index in [0.717, 1.165) is 16.5 Å². The van der Waals surface area contributed by atoms with E-state index in [4.69, 9.17) is 4.84 Å². The van der Waals surface area contributed by atoms with Crippen molar-refractivity contribution in [3.63, 3.8) is 0 Å². The fourth-order valence-electron chi connectivity index (χ4n) is 2.32. The average Bonchev–Trinajstić information content (AvgIpc) is 2.50. The van der Waals surface area contributed by atoms with Crippen molar-refractivity contribution in [3.05, 3.63) is 54.1 Å². The van der Waals surface area contributed by atoms with Gasteiger partial charge in [-0.2, -0.15) is 0 Å². The molecule has 1 aliphatic rings. The monoisotopic (exact) mass is 281 g/mol. The molecule has 0 heterocycles. The Morgan fingerprint density at radius 2 is 1.81 bits per heavy atom. The highest BCUT2D eigenvalue weighted by atomic mass is 16.6. The molecule has 2 aromatic rings. The first-order valence-corrected chi connectivity index (χ1v) is 6.85. The number of benzene rings is 2. The third-order valence-electron chi connectivity index (χ3n) is 3.46. The molecule has 1 N–H and O–H groups in total. The van der Waals surface area contributed by atoms with Crippen LogP contribution in [-0.2, 0) is 14.4 Å². The topological polar surface area (TPSA) is 55.4 Å². The predicted octanol–water partition coefficient (Wildman–Crippen LogP) is 3.04. The van der Waals surface area contributed by atoms with E-state index in [2.05, 4.69) is 5.48 Å². The van der Waals surface area contributed by atoms with Gasteiger partial charge in [-0.05, 0) is 29.0 Å². The highest BCUT2D eigenvalue weighted by Gasteiger charge is 2.18. The van der Waals surface area contributed by atoms with Crippen molar-refractivity contribution in [3.8, 4) is 0 Å². The Labute approximate surface area is 122 Å². The number of Topliss-reactive ketones (excluding diaryl/α,β-unsaturated/α-hetero) is 1. The summed E-state index contributed by atoms with van der Waals surface area (Å²) in [6.45, 7) is 0.0946. The van der Waals surface area contributed by atoms with Crippen LogP contribution in [0.15, 0.2) is 54.1 Å². The fourth-order valence-corrected chi connectivity index (χ4v) is 2.32. The molecule has 0 spiro atoms. The van der Waals surface area contributed by atoms with E-state index < -0.39 is 0 Å². The van der Waals surface area contributed by atoms with E-state index in [1.54, 1.807) is 0 Å². The van der Waals surface area contributed by atoms with Gasteiger partial charge >= 0.3 is 0 Å². The van der Waals surface area contributed by atoms with Gasteiger partial charge < -0.3 is 0 Å². The third-order valence-corrected chi connectivity index (χ3v) is 3.46. The molecule has 21 heavy (non-hydrogen) atoms. The third kappa shape index (κ3) is 3.17. The number of carbonyl (C=O) groups is 2. The molecule has 0 fully saturated rings. The summed E-state index contributed by atoms with van der Waals surface area (Å²) in [6.07, 6.45) is 1.97. The number of hydrogen-bond acceptors (Lipinski definition) is 4. The number of fused-ring (bicyclic) bond motifs is 1. The molecule has 4 nitrogen and oxygen atoms in total. The molecule has 0 bridgehead atoms. The molecule has 3 rings (SSSR count). The molecule has 0 saturated heterocycles. The van der Waals surface area contributed by atoms with E-state index in [1.807, 2.05) is 42.5 Å². The van der Waals surface area contributed by atoms with Gasteiger partial charge in [0.15, 0.2) is 11.6 Å². The molecule has 0 aromatic heterocycles. The van der Waals surface area contributed by atoms with Gasteiger partial charge in [-0.15, -0.1) is 0 Å². The molecule has 1 aliphatic carbocycles. The van der Waals surface area contributed by atoms with Crippen LogP contribution in [0.1, 0.15) is 12.8 Å². The lowest BCUT2D eigenvalue weighted by Crippen LogP contribution is -2.18.